The number of anilines is 2. The molecule has 1 aliphatic rings. The summed E-state index contributed by atoms with van der Waals surface area (Å²) in [4.78, 5) is 26.6. The van der Waals surface area contributed by atoms with Crippen molar-refractivity contribution in [1.29, 1.82) is 0 Å². The lowest BCUT2D eigenvalue weighted by molar-refractivity contribution is -0.880. The maximum absolute atomic E-state index is 12.6. The molecule has 1 fully saturated rings. The molecule has 0 unspecified atom stereocenters. The molecule has 0 aromatic heterocycles. The van der Waals surface area contributed by atoms with Gasteiger partial charge in [-0.3, -0.25) is 14.9 Å². The molecule has 136 valence electrons. The predicted octanol–water partition coefficient (Wildman–Crippen LogP) is 1.84. The highest BCUT2D eigenvalue weighted by molar-refractivity contribution is 6.34. The van der Waals surface area contributed by atoms with Crippen molar-refractivity contribution in [3.63, 3.8) is 0 Å². The van der Waals surface area contributed by atoms with Crippen molar-refractivity contribution in [3.05, 3.63) is 63.2 Å². The fourth-order valence-electron chi connectivity index (χ4n) is 2.98. The fourth-order valence-corrected chi connectivity index (χ4v) is 3.24. The van der Waals surface area contributed by atoms with Crippen LogP contribution in [-0.4, -0.2) is 44.1 Å². The van der Waals surface area contributed by atoms with Gasteiger partial charge in [-0.25, -0.2) is 0 Å². The van der Waals surface area contributed by atoms with Crippen LogP contribution >= 0.6 is 11.6 Å². The van der Waals surface area contributed by atoms with Crippen LogP contribution in [0.3, 0.4) is 0 Å². The molecule has 3 rings (SSSR count). The number of quaternary nitrogens is 1. The van der Waals surface area contributed by atoms with E-state index in [0.717, 1.165) is 31.9 Å². The lowest BCUT2D eigenvalue weighted by Crippen LogP contribution is -3.12. The molecule has 1 heterocycles. The number of likely N-dealkylation sites (N-methyl/N-ethyl adjacent to an activating group) is 1. The number of amides is 1. The lowest BCUT2D eigenvalue weighted by Gasteiger charge is -2.33. The monoisotopic (exact) mass is 375 g/mol. The normalized spacial score (nSPS) is 14.9. The van der Waals surface area contributed by atoms with E-state index in [1.807, 2.05) is 24.3 Å². The maximum atomic E-state index is 12.6. The molecule has 2 N–H and O–H groups in total. The maximum Gasteiger partial charge on any atom is 0.270 e. The number of piperazine rings is 1. The van der Waals surface area contributed by atoms with E-state index in [0.29, 0.717) is 5.69 Å². The minimum Gasteiger partial charge on any atom is -0.359 e. The van der Waals surface area contributed by atoms with Crippen LogP contribution in [0, 0.1) is 10.1 Å². The van der Waals surface area contributed by atoms with Gasteiger partial charge in [-0.1, -0.05) is 23.7 Å². The number of benzene rings is 2. The topological polar surface area (TPSA) is 79.9 Å². The van der Waals surface area contributed by atoms with Crippen molar-refractivity contribution in [3.8, 4) is 0 Å². The van der Waals surface area contributed by atoms with Gasteiger partial charge in [0, 0.05) is 12.1 Å². The van der Waals surface area contributed by atoms with Crippen molar-refractivity contribution in [1.82, 2.24) is 0 Å². The molecule has 26 heavy (non-hydrogen) atoms. The minimum absolute atomic E-state index is 0.0531. The molecule has 0 radical (unpaired) electrons. The van der Waals surface area contributed by atoms with Gasteiger partial charge in [0.25, 0.3) is 11.6 Å². The van der Waals surface area contributed by atoms with Gasteiger partial charge < -0.3 is 15.1 Å². The molecule has 1 saturated heterocycles. The first-order valence-electron chi connectivity index (χ1n) is 8.36. The minimum atomic E-state index is -0.543. The van der Waals surface area contributed by atoms with Gasteiger partial charge >= 0.3 is 0 Å². The van der Waals surface area contributed by atoms with Crippen LogP contribution < -0.4 is 15.1 Å². The van der Waals surface area contributed by atoms with Crippen LogP contribution in [-0.2, 0) is 0 Å². The number of nitrogens with zero attached hydrogens (tertiary/aromatic N) is 2. The summed E-state index contributed by atoms with van der Waals surface area (Å²) in [5.41, 5.74) is 1.72. The summed E-state index contributed by atoms with van der Waals surface area (Å²) in [7, 11) is 2.17. The highest BCUT2D eigenvalue weighted by Crippen LogP contribution is 2.28. The Balaban J connectivity index is 1.81. The Morgan fingerprint density at radius 1 is 1.23 bits per heavy atom. The molecule has 0 bridgehead atoms. The zero-order chi connectivity index (χ0) is 18.7. The number of carbonyl (C=O) groups is 1. The number of rotatable bonds is 4. The molecule has 1 aliphatic heterocycles. The van der Waals surface area contributed by atoms with Crippen LogP contribution in [0.25, 0.3) is 0 Å². The van der Waals surface area contributed by atoms with Crippen molar-refractivity contribution >= 4 is 34.6 Å². The van der Waals surface area contributed by atoms with E-state index >= 15 is 0 Å². The van der Waals surface area contributed by atoms with E-state index in [1.165, 1.54) is 23.1 Å². The molecule has 7 nitrogen and oxygen atoms in total. The zero-order valence-electron chi connectivity index (χ0n) is 14.4. The van der Waals surface area contributed by atoms with Crippen molar-refractivity contribution < 1.29 is 14.6 Å². The van der Waals surface area contributed by atoms with Crippen molar-refractivity contribution in [2.75, 3.05) is 43.4 Å². The highest BCUT2D eigenvalue weighted by Gasteiger charge is 2.21. The van der Waals surface area contributed by atoms with Gasteiger partial charge in [0.15, 0.2) is 0 Å². The Morgan fingerprint density at radius 3 is 2.58 bits per heavy atom. The summed E-state index contributed by atoms with van der Waals surface area (Å²) in [5, 5.41) is 13.7. The Morgan fingerprint density at radius 2 is 1.92 bits per heavy atom. The summed E-state index contributed by atoms with van der Waals surface area (Å²) < 4.78 is 0. The van der Waals surface area contributed by atoms with Crippen LogP contribution in [0.5, 0.6) is 0 Å². The summed E-state index contributed by atoms with van der Waals surface area (Å²) in [6.45, 7) is 3.90. The van der Waals surface area contributed by atoms with Gasteiger partial charge in [0.05, 0.1) is 60.1 Å². The largest absolute Gasteiger partial charge is 0.359 e. The molecule has 0 spiro atoms. The standard InChI is InChI=1S/C18H19ClN4O3/c1-21-8-10-22(11-9-21)17-5-3-2-4-16(17)20-18(24)14-7-6-13(23(25)26)12-15(14)19/h2-7,12H,8-11H2,1H3,(H,20,24)/p+1. The summed E-state index contributed by atoms with van der Waals surface area (Å²) >= 11 is 6.06. The number of nitrogens with one attached hydrogen (secondary N) is 2. The van der Waals surface area contributed by atoms with Gasteiger partial charge in [-0.2, -0.15) is 0 Å². The van der Waals surface area contributed by atoms with Crippen LogP contribution in [0.15, 0.2) is 42.5 Å². The smallest absolute Gasteiger partial charge is 0.270 e. The number of carbonyl (C=O) groups excluding carboxylic acids is 1. The quantitative estimate of drug-likeness (QED) is 0.631. The third-order valence-electron chi connectivity index (χ3n) is 4.52. The second-order valence-electron chi connectivity index (χ2n) is 6.34. The molecule has 8 heteroatoms. The number of hydrogen-bond donors (Lipinski definition) is 2. The predicted molar refractivity (Wildman–Crippen MR) is 101 cm³/mol. The Hall–Kier alpha value is -2.64. The SMILES string of the molecule is C[NH+]1CCN(c2ccccc2NC(=O)c2ccc([N+](=O)[O-])cc2Cl)CC1. The van der Waals surface area contributed by atoms with Gasteiger partial charge in [-0.15, -0.1) is 0 Å². The Bertz CT molecular complexity index is 835. The molecular weight excluding hydrogens is 356 g/mol. The number of nitro benzene ring substituents is 1. The molecular formula is C18H20ClN4O3+. The summed E-state index contributed by atoms with van der Waals surface area (Å²) in [6.07, 6.45) is 0. The van der Waals surface area contributed by atoms with Crippen molar-refractivity contribution in [2.45, 2.75) is 0 Å². The fraction of sp³-hybridized carbons (Fsp3) is 0.278. The van der Waals surface area contributed by atoms with Crippen LogP contribution in [0.4, 0.5) is 17.1 Å². The number of nitro groups is 1. The molecule has 0 atom stereocenters. The van der Waals surface area contributed by atoms with Gasteiger partial charge in [0.2, 0.25) is 0 Å². The molecule has 0 aliphatic carbocycles. The lowest BCUT2D eigenvalue weighted by atomic mass is 10.1. The Kier molecular flexibility index (Phi) is 5.39. The van der Waals surface area contributed by atoms with E-state index in [2.05, 4.69) is 17.3 Å². The van der Waals surface area contributed by atoms with E-state index < -0.39 is 10.8 Å². The van der Waals surface area contributed by atoms with Crippen LogP contribution in [0.1, 0.15) is 10.4 Å². The van der Waals surface area contributed by atoms with Gasteiger partial charge in [-0.05, 0) is 18.2 Å². The first-order chi connectivity index (χ1) is 12.5. The number of hydrogen-bond acceptors (Lipinski definition) is 4. The molecule has 2 aromatic rings. The average molecular weight is 376 g/mol. The molecule has 0 saturated carbocycles. The number of halogens is 1. The second-order valence-corrected chi connectivity index (χ2v) is 6.74. The first kappa shape index (κ1) is 18.2. The van der Waals surface area contributed by atoms with Crippen LogP contribution in [0.2, 0.25) is 5.02 Å². The third-order valence-corrected chi connectivity index (χ3v) is 4.83. The average Bonchev–Trinajstić information content (AvgIpc) is 2.62. The first-order valence-corrected chi connectivity index (χ1v) is 8.74. The van der Waals surface area contributed by atoms with E-state index in [-0.39, 0.29) is 16.3 Å². The summed E-state index contributed by atoms with van der Waals surface area (Å²) in [5.74, 6) is -0.392. The van der Waals surface area contributed by atoms with Gasteiger partial charge in [0.1, 0.15) is 0 Å². The van der Waals surface area contributed by atoms with Crippen molar-refractivity contribution in [2.24, 2.45) is 0 Å². The summed E-state index contributed by atoms with van der Waals surface area (Å²) in [6, 6.07) is 11.5. The number of non-ortho nitro benzene ring substituents is 1. The zero-order valence-corrected chi connectivity index (χ0v) is 15.1. The third kappa shape index (κ3) is 3.95. The van der Waals surface area contributed by atoms with E-state index in [1.54, 1.807) is 0 Å². The van der Waals surface area contributed by atoms with E-state index in [4.69, 9.17) is 11.6 Å². The molecule has 1 amide bonds. The molecule has 2 aromatic carbocycles. The van der Waals surface area contributed by atoms with E-state index in [9.17, 15) is 14.9 Å². The Labute approximate surface area is 156 Å². The second kappa shape index (κ2) is 7.72. The number of para-hydroxylation sites is 2. The highest BCUT2D eigenvalue weighted by atomic mass is 35.5.